The molecule has 1 atom stereocenters. The third-order valence-corrected chi connectivity index (χ3v) is 1.10. The third kappa shape index (κ3) is 12.0. The van der Waals surface area contributed by atoms with E-state index in [2.05, 4.69) is 6.92 Å². The Morgan fingerprint density at radius 2 is 2.00 bits per heavy atom. The maximum Gasteiger partial charge on any atom is 0.102 e. The molecule has 3 heteroatoms. The average molecular weight is 312 g/mol. The first kappa shape index (κ1) is 12.3. The maximum absolute atomic E-state index is 8.56. The first-order chi connectivity index (χ1) is 3.77. The fourth-order valence-electron chi connectivity index (χ4n) is 0.603. The predicted molar refractivity (Wildman–Crippen MR) is 34.3 cm³/mol. The molecule has 2 nitrogen and oxygen atoms in total. The fraction of sp³-hybridized carbons (Fsp3) is 1.00. The Hall–Kier alpha value is 0.608. The molecule has 0 heterocycles. The van der Waals surface area contributed by atoms with Crippen LogP contribution in [0, 0.1) is 0 Å². The van der Waals surface area contributed by atoms with Crippen LogP contribution in [0.15, 0.2) is 0 Å². The number of hydrogen-bond donors (Lipinski definition) is 2. The van der Waals surface area contributed by atoms with E-state index in [1.807, 2.05) is 0 Å². The Bertz CT molecular complexity index is 50.3. The molecule has 0 saturated heterocycles. The van der Waals surface area contributed by atoms with Crippen LogP contribution in [-0.2, 0) is 21.1 Å². The van der Waals surface area contributed by atoms with Crippen LogP contribution in [0.2, 0.25) is 0 Å². The van der Waals surface area contributed by atoms with Gasteiger partial charge in [0.2, 0.25) is 0 Å². The van der Waals surface area contributed by atoms with Gasteiger partial charge in [-0.15, -0.1) is 0 Å². The number of aliphatic hydroxyl groups excluding tert-OH is 1. The Balaban J connectivity index is 0. The summed E-state index contributed by atoms with van der Waals surface area (Å²) in [6.07, 6.45) is 3.56. The molecule has 9 heavy (non-hydrogen) atoms. The molecule has 0 spiro atoms. The van der Waals surface area contributed by atoms with Gasteiger partial charge in [0, 0.05) is 21.1 Å². The monoisotopic (exact) mass is 312 g/mol. The van der Waals surface area contributed by atoms with Gasteiger partial charge in [0.25, 0.3) is 0 Å². The summed E-state index contributed by atoms with van der Waals surface area (Å²) in [4.78, 5) is 0. The van der Waals surface area contributed by atoms with Crippen molar-refractivity contribution in [2.75, 3.05) is 0 Å². The molecule has 3 N–H and O–H groups in total. The van der Waals surface area contributed by atoms with Crippen LogP contribution in [0.4, 0.5) is 0 Å². The van der Waals surface area contributed by atoms with Gasteiger partial charge in [0.1, 0.15) is 6.23 Å². The number of hydrogen-bond acceptors (Lipinski definition) is 2. The summed E-state index contributed by atoms with van der Waals surface area (Å²) in [5.74, 6) is 0. The van der Waals surface area contributed by atoms with E-state index in [1.54, 1.807) is 0 Å². The van der Waals surface area contributed by atoms with Crippen LogP contribution < -0.4 is 5.73 Å². The molecule has 0 aliphatic carbocycles. The zero-order valence-corrected chi connectivity index (χ0v) is 8.02. The van der Waals surface area contributed by atoms with Crippen LogP contribution in [0.1, 0.15) is 32.6 Å². The first-order valence-corrected chi connectivity index (χ1v) is 3.21. The Morgan fingerprint density at radius 1 is 1.44 bits per heavy atom. The van der Waals surface area contributed by atoms with Crippen LogP contribution >= 0.6 is 0 Å². The van der Waals surface area contributed by atoms with Crippen LogP contribution in [0.5, 0.6) is 0 Å². The van der Waals surface area contributed by atoms with Crippen molar-refractivity contribution in [1.82, 2.24) is 0 Å². The van der Waals surface area contributed by atoms with E-state index in [-0.39, 0.29) is 21.1 Å². The van der Waals surface area contributed by atoms with E-state index in [9.17, 15) is 0 Å². The molecule has 60 valence electrons. The molecule has 0 aromatic rings. The second-order valence-corrected chi connectivity index (χ2v) is 2.06. The largest absolute Gasteiger partial charge is 0.379 e. The minimum atomic E-state index is -0.596. The van der Waals surface area contributed by atoms with Crippen molar-refractivity contribution in [1.29, 1.82) is 0 Å². The van der Waals surface area contributed by atoms with Crippen molar-refractivity contribution in [3.05, 3.63) is 0 Å². The van der Waals surface area contributed by atoms with E-state index in [1.165, 1.54) is 12.8 Å². The van der Waals surface area contributed by atoms with E-state index < -0.39 is 6.23 Å². The second kappa shape index (κ2) is 8.61. The number of rotatable bonds is 4. The topological polar surface area (TPSA) is 46.2 Å². The van der Waals surface area contributed by atoms with Crippen LogP contribution in [0.25, 0.3) is 0 Å². The summed E-state index contributed by atoms with van der Waals surface area (Å²) in [5, 5.41) is 8.56. The van der Waals surface area contributed by atoms with Crippen molar-refractivity contribution >= 4 is 0 Å². The van der Waals surface area contributed by atoms with Gasteiger partial charge in [-0.3, -0.25) is 0 Å². The van der Waals surface area contributed by atoms with Crippen LogP contribution in [0.3, 0.4) is 0 Å². The van der Waals surface area contributed by atoms with Gasteiger partial charge in [-0.25, -0.2) is 0 Å². The van der Waals surface area contributed by atoms with E-state index in [4.69, 9.17) is 10.8 Å². The summed E-state index contributed by atoms with van der Waals surface area (Å²) in [6, 6.07) is 0. The summed E-state index contributed by atoms with van der Waals surface area (Å²) < 4.78 is 0. The molecule has 0 aromatic carbocycles. The molecule has 0 fully saturated rings. The van der Waals surface area contributed by atoms with E-state index >= 15 is 0 Å². The molecular formula is C6H15NOPt. The number of unbranched alkanes of at least 4 members (excludes halogenated alkanes) is 2. The van der Waals surface area contributed by atoms with Gasteiger partial charge in [-0.1, -0.05) is 19.8 Å². The Labute approximate surface area is 71.1 Å². The zero-order valence-electron chi connectivity index (χ0n) is 5.75. The zero-order chi connectivity index (χ0) is 6.41. The van der Waals surface area contributed by atoms with Crippen molar-refractivity contribution in [3.63, 3.8) is 0 Å². The van der Waals surface area contributed by atoms with Crippen molar-refractivity contribution in [2.45, 2.75) is 38.8 Å². The molecule has 0 radical (unpaired) electrons. The SMILES string of the molecule is CCCCCC(N)O.[Pt]. The van der Waals surface area contributed by atoms with Gasteiger partial charge in [0.15, 0.2) is 0 Å². The molecule has 1 unspecified atom stereocenters. The van der Waals surface area contributed by atoms with Gasteiger partial charge >= 0.3 is 0 Å². The average Bonchev–Trinajstić information content (AvgIpc) is 1.66. The van der Waals surface area contributed by atoms with E-state index in [0.717, 1.165) is 12.8 Å². The smallest absolute Gasteiger partial charge is 0.102 e. The van der Waals surface area contributed by atoms with E-state index in [0.29, 0.717) is 0 Å². The molecule has 0 rings (SSSR count). The van der Waals surface area contributed by atoms with Gasteiger partial charge in [0.05, 0.1) is 0 Å². The molecule has 0 amide bonds. The Kier molecular flexibility index (Phi) is 11.8. The predicted octanol–water partition coefficient (Wildman–Crippen LogP) is 0.841. The summed E-state index contributed by atoms with van der Waals surface area (Å²) >= 11 is 0. The third-order valence-electron chi connectivity index (χ3n) is 1.10. The van der Waals surface area contributed by atoms with Gasteiger partial charge in [-0.05, 0) is 12.8 Å². The van der Waals surface area contributed by atoms with Gasteiger partial charge in [-0.2, -0.15) is 0 Å². The van der Waals surface area contributed by atoms with Crippen LogP contribution in [-0.4, -0.2) is 11.3 Å². The second-order valence-electron chi connectivity index (χ2n) is 2.06. The quantitative estimate of drug-likeness (QED) is 0.597. The number of nitrogens with two attached hydrogens (primary N) is 1. The Morgan fingerprint density at radius 3 is 2.33 bits per heavy atom. The molecule has 0 saturated carbocycles. The standard InChI is InChI=1S/C6H15NO.Pt/c1-2-3-4-5-6(7)8;/h6,8H,2-5,7H2,1H3;. The molecule has 0 bridgehead atoms. The van der Waals surface area contributed by atoms with Crippen molar-refractivity contribution < 1.29 is 26.2 Å². The van der Waals surface area contributed by atoms with Crippen molar-refractivity contribution in [2.24, 2.45) is 5.73 Å². The van der Waals surface area contributed by atoms with Gasteiger partial charge < -0.3 is 10.8 Å². The minimum absolute atomic E-state index is 0. The van der Waals surface area contributed by atoms with Crippen molar-refractivity contribution in [3.8, 4) is 0 Å². The molecule has 0 aliphatic rings. The molecular weight excluding hydrogens is 297 g/mol. The molecule has 0 aromatic heterocycles. The minimum Gasteiger partial charge on any atom is -0.379 e. The normalized spacial score (nSPS) is 12.3. The summed E-state index contributed by atoms with van der Waals surface area (Å²) in [6.45, 7) is 2.13. The molecule has 0 aliphatic heterocycles. The summed E-state index contributed by atoms with van der Waals surface area (Å²) in [5.41, 5.74) is 5.09. The fourth-order valence-corrected chi connectivity index (χ4v) is 0.603. The maximum atomic E-state index is 8.56. The first-order valence-electron chi connectivity index (χ1n) is 3.21. The summed E-state index contributed by atoms with van der Waals surface area (Å²) in [7, 11) is 0. The number of aliphatic hydroxyl groups is 1.